The predicted molar refractivity (Wildman–Crippen MR) is 94.5 cm³/mol. The second kappa shape index (κ2) is 8.71. The summed E-state index contributed by atoms with van der Waals surface area (Å²) < 4.78 is 5.07. The van der Waals surface area contributed by atoms with Crippen molar-refractivity contribution < 1.29 is 14.3 Å². The van der Waals surface area contributed by atoms with Crippen molar-refractivity contribution >= 4 is 29.1 Å². The number of nitrogens with zero attached hydrogens (tertiary/aromatic N) is 1. The first-order valence-corrected chi connectivity index (χ1v) is 7.83. The molecule has 25 heavy (non-hydrogen) atoms. The minimum Gasteiger partial charge on any atom is -0.497 e. The highest BCUT2D eigenvalue weighted by Gasteiger charge is 2.13. The number of halogens is 1. The fourth-order valence-electron chi connectivity index (χ4n) is 2.07. The highest BCUT2D eigenvalue weighted by Crippen LogP contribution is 2.19. The molecule has 0 aliphatic carbocycles. The second-order valence-electron chi connectivity index (χ2n) is 5.11. The van der Waals surface area contributed by atoms with E-state index < -0.39 is 11.8 Å². The average Bonchev–Trinajstić information content (AvgIpc) is 2.63. The summed E-state index contributed by atoms with van der Waals surface area (Å²) >= 11 is 5.82. The third-order valence-corrected chi connectivity index (χ3v) is 3.74. The highest BCUT2D eigenvalue weighted by molar-refractivity contribution is 6.39. The fourth-order valence-corrected chi connectivity index (χ4v) is 2.23. The summed E-state index contributed by atoms with van der Waals surface area (Å²) in [6.07, 6.45) is 0.586. The smallest absolute Gasteiger partial charge is 0.313 e. The van der Waals surface area contributed by atoms with Gasteiger partial charge >= 0.3 is 11.8 Å². The van der Waals surface area contributed by atoms with Crippen molar-refractivity contribution in [1.82, 2.24) is 5.32 Å². The minimum atomic E-state index is -0.805. The summed E-state index contributed by atoms with van der Waals surface area (Å²) in [6.45, 7) is 0.322. The molecule has 0 fully saturated rings. The zero-order valence-electron chi connectivity index (χ0n) is 13.5. The number of methoxy groups -OCH3 is 1. The first-order valence-electron chi connectivity index (χ1n) is 7.45. The molecule has 0 spiro atoms. The van der Waals surface area contributed by atoms with E-state index in [1.54, 1.807) is 7.11 Å². The van der Waals surface area contributed by atoms with Crippen LogP contribution in [0.1, 0.15) is 11.1 Å². The van der Waals surface area contributed by atoms with Crippen LogP contribution in [-0.2, 0) is 16.0 Å². The number of hydrogen-bond donors (Lipinski definition) is 2. The van der Waals surface area contributed by atoms with Crippen LogP contribution in [0.4, 0.5) is 5.69 Å². The molecule has 6 nitrogen and oxygen atoms in total. The lowest BCUT2D eigenvalue weighted by Gasteiger charge is -2.08. The summed E-state index contributed by atoms with van der Waals surface area (Å²) in [7, 11) is 1.59. The molecular weight excluding hydrogens is 342 g/mol. The fraction of sp³-hybridized carbons (Fsp3) is 0.167. The van der Waals surface area contributed by atoms with Gasteiger partial charge < -0.3 is 15.4 Å². The molecule has 0 bridgehead atoms. The van der Waals surface area contributed by atoms with Gasteiger partial charge in [0.15, 0.2) is 0 Å². The summed E-state index contributed by atoms with van der Waals surface area (Å²) in [4.78, 5) is 23.7. The second-order valence-corrected chi connectivity index (χ2v) is 5.52. The molecule has 2 amide bonds. The molecule has 0 heterocycles. The maximum atomic E-state index is 11.9. The molecule has 2 aromatic rings. The number of rotatable bonds is 5. The molecule has 2 N–H and O–H groups in total. The lowest BCUT2D eigenvalue weighted by molar-refractivity contribution is -0.136. The summed E-state index contributed by atoms with van der Waals surface area (Å²) in [6, 6.07) is 13.8. The zero-order valence-corrected chi connectivity index (χ0v) is 14.3. The van der Waals surface area contributed by atoms with Gasteiger partial charge in [0, 0.05) is 12.2 Å². The van der Waals surface area contributed by atoms with E-state index in [-0.39, 0.29) is 10.6 Å². The molecule has 128 valence electrons. The van der Waals surface area contributed by atoms with Gasteiger partial charge in [-0.25, -0.2) is 0 Å². The minimum absolute atomic E-state index is 0.222. The molecule has 0 atom stereocenters. The quantitative estimate of drug-likeness (QED) is 0.804. The van der Waals surface area contributed by atoms with Gasteiger partial charge in [0.2, 0.25) is 0 Å². The third-order valence-electron chi connectivity index (χ3n) is 3.41. The van der Waals surface area contributed by atoms with Crippen molar-refractivity contribution in [2.24, 2.45) is 0 Å². The van der Waals surface area contributed by atoms with Crippen LogP contribution in [0.15, 0.2) is 42.5 Å². The van der Waals surface area contributed by atoms with Crippen LogP contribution in [0, 0.1) is 11.3 Å². The van der Waals surface area contributed by atoms with E-state index in [0.29, 0.717) is 18.7 Å². The standard InChI is InChI=1S/C18H16ClN3O3/c1-25-15-5-2-12(3-6-15)8-9-21-17(23)18(24)22-14-4-7-16(19)13(10-14)11-20/h2-7,10H,8-9H2,1H3,(H,21,23)(H,22,24). The Bertz CT molecular complexity index is 813. The van der Waals surface area contributed by atoms with Gasteiger partial charge in [-0.15, -0.1) is 0 Å². The van der Waals surface area contributed by atoms with E-state index in [9.17, 15) is 9.59 Å². The van der Waals surface area contributed by atoms with E-state index in [0.717, 1.165) is 11.3 Å². The lowest BCUT2D eigenvalue weighted by atomic mass is 10.1. The average molecular weight is 358 g/mol. The molecule has 0 saturated heterocycles. The Morgan fingerprint density at radius 3 is 2.52 bits per heavy atom. The summed E-state index contributed by atoms with van der Waals surface area (Å²) in [5.74, 6) is -0.797. The Morgan fingerprint density at radius 2 is 1.88 bits per heavy atom. The van der Waals surface area contributed by atoms with Gasteiger partial charge in [-0.05, 0) is 42.3 Å². The normalized spacial score (nSPS) is 9.80. The van der Waals surface area contributed by atoms with E-state index in [1.165, 1.54) is 18.2 Å². The van der Waals surface area contributed by atoms with Crippen LogP contribution in [0.25, 0.3) is 0 Å². The number of amides is 2. The van der Waals surface area contributed by atoms with Crippen LogP contribution in [0.3, 0.4) is 0 Å². The number of ether oxygens (including phenoxy) is 1. The number of hydrogen-bond acceptors (Lipinski definition) is 4. The molecule has 0 radical (unpaired) electrons. The van der Waals surface area contributed by atoms with E-state index in [2.05, 4.69) is 10.6 Å². The largest absolute Gasteiger partial charge is 0.497 e. The molecule has 2 aromatic carbocycles. The van der Waals surface area contributed by atoms with Crippen molar-refractivity contribution in [2.45, 2.75) is 6.42 Å². The summed E-state index contributed by atoms with van der Waals surface area (Å²) in [5.41, 5.74) is 1.56. The summed E-state index contributed by atoms with van der Waals surface area (Å²) in [5, 5.41) is 14.2. The van der Waals surface area contributed by atoms with Crippen LogP contribution >= 0.6 is 11.6 Å². The zero-order chi connectivity index (χ0) is 18.2. The Kier molecular flexibility index (Phi) is 6.38. The van der Waals surface area contributed by atoms with Gasteiger partial charge in [-0.2, -0.15) is 5.26 Å². The first-order chi connectivity index (χ1) is 12.0. The third kappa shape index (κ3) is 5.23. The Morgan fingerprint density at radius 1 is 1.16 bits per heavy atom. The van der Waals surface area contributed by atoms with Crippen molar-refractivity contribution in [2.75, 3.05) is 19.0 Å². The van der Waals surface area contributed by atoms with Crippen LogP contribution in [0.2, 0.25) is 5.02 Å². The van der Waals surface area contributed by atoms with Gasteiger partial charge in [-0.1, -0.05) is 23.7 Å². The molecule has 7 heteroatoms. The van der Waals surface area contributed by atoms with E-state index >= 15 is 0 Å². The van der Waals surface area contributed by atoms with Crippen molar-refractivity contribution in [1.29, 1.82) is 5.26 Å². The molecule has 0 saturated carbocycles. The van der Waals surface area contributed by atoms with E-state index in [1.807, 2.05) is 30.3 Å². The van der Waals surface area contributed by atoms with Crippen LogP contribution in [-0.4, -0.2) is 25.5 Å². The number of carbonyl (C=O) groups is 2. The Hall–Kier alpha value is -3.04. The molecule has 0 aliphatic rings. The molecule has 2 rings (SSSR count). The number of nitrogens with one attached hydrogen (secondary N) is 2. The van der Waals surface area contributed by atoms with Crippen molar-refractivity contribution in [3.05, 3.63) is 58.6 Å². The molecule has 0 unspecified atom stereocenters. The van der Waals surface area contributed by atoms with Crippen molar-refractivity contribution in [3.8, 4) is 11.8 Å². The number of anilines is 1. The Labute approximate surface area is 150 Å². The monoisotopic (exact) mass is 357 g/mol. The molecule has 0 aliphatic heterocycles. The predicted octanol–water partition coefficient (Wildman–Crippen LogP) is 2.52. The maximum absolute atomic E-state index is 11.9. The van der Waals surface area contributed by atoms with E-state index in [4.69, 9.17) is 21.6 Å². The van der Waals surface area contributed by atoms with Gasteiger partial charge in [0.05, 0.1) is 17.7 Å². The topological polar surface area (TPSA) is 91.2 Å². The van der Waals surface area contributed by atoms with Gasteiger partial charge in [0.1, 0.15) is 11.8 Å². The maximum Gasteiger partial charge on any atom is 0.313 e. The number of nitriles is 1. The van der Waals surface area contributed by atoms with Crippen LogP contribution in [0.5, 0.6) is 5.75 Å². The lowest BCUT2D eigenvalue weighted by Crippen LogP contribution is -2.36. The van der Waals surface area contributed by atoms with Crippen molar-refractivity contribution in [3.63, 3.8) is 0 Å². The Balaban J connectivity index is 1.83. The molecule has 0 aromatic heterocycles. The van der Waals surface area contributed by atoms with Crippen LogP contribution < -0.4 is 15.4 Å². The number of carbonyl (C=O) groups excluding carboxylic acids is 2. The molecular formula is C18H16ClN3O3. The first kappa shape index (κ1) is 18.3. The highest BCUT2D eigenvalue weighted by atomic mass is 35.5. The number of benzene rings is 2. The van der Waals surface area contributed by atoms with Gasteiger partial charge in [0.25, 0.3) is 0 Å². The SMILES string of the molecule is COc1ccc(CCNC(=O)C(=O)Nc2ccc(Cl)c(C#N)c2)cc1. The van der Waals surface area contributed by atoms with Gasteiger partial charge in [-0.3, -0.25) is 9.59 Å².